The van der Waals surface area contributed by atoms with Gasteiger partial charge in [0, 0.05) is 17.0 Å². The van der Waals surface area contributed by atoms with Crippen LogP contribution in [0.15, 0.2) is 35.6 Å². The van der Waals surface area contributed by atoms with Crippen LogP contribution in [0.1, 0.15) is 38.8 Å². The standard InChI is InChI=1S/C20H27ClN2O3/c1-20(2,3)18(25)15-16(13-7-9-14(21)10-8-13)23(19(26)17(15)24)12-6-11-22(4)5/h7-10,16,24H,6,11-12H2,1-5H3. The van der Waals surface area contributed by atoms with Gasteiger partial charge in [0.05, 0.1) is 11.6 Å². The van der Waals surface area contributed by atoms with Crippen LogP contribution < -0.4 is 0 Å². The van der Waals surface area contributed by atoms with Crippen molar-refractivity contribution in [3.63, 3.8) is 0 Å². The number of rotatable bonds is 6. The summed E-state index contributed by atoms with van der Waals surface area (Å²) in [6.07, 6.45) is 0.743. The third kappa shape index (κ3) is 4.27. The molecule has 1 atom stereocenters. The molecule has 2 rings (SSSR count). The highest BCUT2D eigenvalue weighted by atomic mass is 35.5. The lowest BCUT2D eigenvalue weighted by Crippen LogP contribution is -2.34. The van der Waals surface area contributed by atoms with Crippen molar-refractivity contribution in [2.45, 2.75) is 33.2 Å². The molecule has 6 heteroatoms. The Balaban J connectivity index is 2.45. The smallest absolute Gasteiger partial charge is 0.290 e. The molecular formula is C20H27ClN2O3. The number of benzene rings is 1. The predicted molar refractivity (Wildman–Crippen MR) is 103 cm³/mol. The van der Waals surface area contributed by atoms with Gasteiger partial charge >= 0.3 is 0 Å². The number of halogens is 1. The number of ketones is 1. The van der Waals surface area contributed by atoms with Crippen LogP contribution in [0.3, 0.4) is 0 Å². The molecule has 1 heterocycles. The molecule has 0 aliphatic carbocycles. The molecule has 0 spiro atoms. The van der Waals surface area contributed by atoms with E-state index >= 15 is 0 Å². The van der Waals surface area contributed by atoms with Crippen LogP contribution in [0.2, 0.25) is 5.02 Å². The van der Waals surface area contributed by atoms with E-state index < -0.39 is 23.1 Å². The van der Waals surface area contributed by atoms with Gasteiger partial charge in [0.2, 0.25) is 0 Å². The van der Waals surface area contributed by atoms with Crippen molar-refractivity contribution in [1.29, 1.82) is 0 Å². The van der Waals surface area contributed by atoms with Crippen molar-refractivity contribution >= 4 is 23.3 Å². The normalized spacial score (nSPS) is 18.2. The first-order chi connectivity index (χ1) is 12.0. The molecule has 0 saturated heterocycles. The van der Waals surface area contributed by atoms with Crippen molar-refractivity contribution in [2.75, 3.05) is 27.2 Å². The van der Waals surface area contributed by atoms with Crippen molar-refractivity contribution < 1.29 is 14.7 Å². The van der Waals surface area contributed by atoms with Crippen molar-refractivity contribution in [3.8, 4) is 0 Å². The molecule has 1 aromatic carbocycles. The van der Waals surface area contributed by atoms with Crippen LogP contribution in [0.5, 0.6) is 0 Å². The number of aliphatic hydroxyl groups excluding tert-OH is 1. The second-order valence-corrected chi connectivity index (χ2v) is 8.39. The Bertz CT molecular complexity index is 718. The van der Waals surface area contributed by atoms with E-state index in [4.69, 9.17) is 11.6 Å². The Labute approximate surface area is 160 Å². The van der Waals surface area contributed by atoms with Gasteiger partial charge < -0.3 is 14.9 Å². The van der Waals surface area contributed by atoms with Crippen LogP contribution in [0, 0.1) is 5.41 Å². The predicted octanol–water partition coefficient (Wildman–Crippen LogP) is 3.60. The Kier molecular flexibility index (Phi) is 6.14. The van der Waals surface area contributed by atoms with Gasteiger partial charge in [0.1, 0.15) is 0 Å². The number of carbonyl (C=O) groups is 2. The molecule has 1 aliphatic heterocycles. The lowest BCUT2D eigenvalue weighted by molar-refractivity contribution is -0.129. The molecule has 1 N–H and O–H groups in total. The van der Waals surface area contributed by atoms with E-state index in [9.17, 15) is 14.7 Å². The number of aliphatic hydroxyl groups is 1. The molecule has 1 aromatic rings. The fourth-order valence-corrected chi connectivity index (χ4v) is 3.20. The Hall–Kier alpha value is -1.85. The maximum Gasteiger partial charge on any atom is 0.290 e. The highest BCUT2D eigenvalue weighted by molar-refractivity contribution is 6.30. The fourth-order valence-electron chi connectivity index (χ4n) is 3.07. The lowest BCUT2D eigenvalue weighted by atomic mass is 9.82. The van der Waals surface area contributed by atoms with E-state index in [1.807, 2.05) is 19.0 Å². The lowest BCUT2D eigenvalue weighted by Gasteiger charge is -2.29. The van der Waals surface area contributed by atoms with Gasteiger partial charge in [-0.3, -0.25) is 9.59 Å². The van der Waals surface area contributed by atoms with Crippen molar-refractivity contribution in [2.24, 2.45) is 5.41 Å². The van der Waals surface area contributed by atoms with E-state index in [1.165, 1.54) is 0 Å². The number of nitrogens with zero attached hydrogens (tertiary/aromatic N) is 2. The summed E-state index contributed by atoms with van der Waals surface area (Å²) in [4.78, 5) is 29.3. The molecule has 1 aliphatic rings. The summed E-state index contributed by atoms with van der Waals surface area (Å²) in [5.41, 5.74) is 0.243. The maximum atomic E-state index is 13.0. The average Bonchev–Trinajstić information content (AvgIpc) is 2.78. The molecule has 0 fully saturated rings. The summed E-state index contributed by atoms with van der Waals surface area (Å²) in [5, 5.41) is 11.1. The molecule has 0 radical (unpaired) electrons. The quantitative estimate of drug-likeness (QED) is 0.821. The molecule has 1 amide bonds. The number of amides is 1. The van der Waals surface area contributed by atoms with E-state index in [2.05, 4.69) is 0 Å². The Morgan fingerprint density at radius 1 is 1.23 bits per heavy atom. The van der Waals surface area contributed by atoms with Crippen molar-refractivity contribution in [1.82, 2.24) is 9.80 Å². The van der Waals surface area contributed by atoms with Crippen molar-refractivity contribution in [3.05, 3.63) is 46.2 Å². The third-order valence-electron chi connectivity index (χ3n) is 4.42. The fraction of sp³-hybridized carbons (Fsp3) is 0.500. The molecule has 0 aromatic heterocycles. The van der Waals surface area contributed by atoms with Gasteiger partial charge in [0.15, 0.2) is 11.5 Å². The molecule has 5 nitrogen and oxygen atoms in total. The first-order valence-electron chi connectivity index (χ1n) is 8.73. The Morgan fingerprint density at radius 3 is 2.31 bits per heavy atom. The minimum Gasteiger partial charge on any atom is -0.503 e. The van der Waals surface area contributed by atoms with Gasteiger partial charge in [-0.15, -0.1) is 0 Å². The monoisotopic (exact) mass is 378 g/mol. The van der Waals surface area contributed by atoms with Gasteiger partial charge in [-0.2, -0.15) is 0 Å². The largest absolute Gasteiger partial charge is 0.503 e. The van der Waals surface area contributed by atoms with Crippen LogP contribution in [-0.4, -0.2) is 53.8 Å². The second-order valence-electron chi connectivity index (χ2n) is 7.95. The Morgan fingerprint density at radius 2 is 1.81 bits per heavy atom. The van der Waals surface area contributed by atoms with E-state index in [-0.39, 0.29) is 11.4 Å². The highest BCUT2D eigenvalue weighted by Gasteiger charge is 2.45. The van der Waals surface area contributed by atoms with Crippen LogP contribution in [0.4, 0.5) is 0 Å². The summed E-state index contributed by atoms with van der Waals surface area (Å²) >= 11 is 5.99. The van der Waals surface area contributed by atoms with Crippen LogP contribution in [-0.2, 0) is 9.59 Å². The van der Waals surface area contributed by atoms with Crippen LogP contribution >= 0.6 is 11.6 Å². The molecule has 0 bridgehead atoms. The minimum atomic E-state index is -0.700. The molecule has 26 heavy (non-hydrogen) atoms. The summed E-state index contributed by atoms with van der Waals surface area (Å²) in [7, 11) is 3.93. The summed E-state index contributed by atoms with van der Waals surface area (Å²) < 4.78 is 0. The van der Waals surface area contributed by atoms with Gasteiger partial charge in [-0.05, 0) is 44.8 Å². The molecular weight excluding hydrogens is 352 g/mol. The molecule has 1 unspecified atom stereocenters. The zero-order valence-corrected chi connectivity index (χ0v) is 16.8. The molecule has 0 saturated carbocycles. The number of hydrogen-bond donors (Lipinski definition) is 1. The number of hydrogen-bond acceptors (Lipinski definition) is 4. The first-order valence-corrected chi connectivity index (χ1v) is 9.11. The summed E-state index contributed by atoms with van der Waals surface area (Å²) in [5.74, 6) is -1.15. The molecule has 142 valence electrons. The third-order valence-corrected chi connectivity index (χ3v) is 4.67. The maximum absolute atomic E-state index is 13.0. The van der Waals surface area contributed by atoms with E-state index in [0.717, 1.165) is 18.5 Å². The topological polar surface area (TPSA) is 60.9 Å². The van der Waals surface area contributed by atoms with E-state index in [1.54, 1.807) is 49.9 Å². The van der Waals surface area contributed by atoms with Gasteiger partial charge in [0.25, 0.3) is 5.91 Å². The SMILES string of the molecule is CN(C)CCCN1C(=O)C(O)=C(C(=O)C(C)(C)C)C1c1ccc(Cl)cc1. The van der Waals surface area contributed by atoms with E-state index in [0.29, 0.717) is 11.6 Å². The summed E-state index contributed by atoms with van der Waals surface area (Å²) in [6.45, 7) is 6.62. The minimum absolute atomic E-state index is 0.176. The highest BCUT2D eigenvalue weighted by Crippen LogP contribution is 2.41. The average molecular weight is 379 g/mol. The zero-order valence-electron chi connectivity index (χ0n) is 16.0. The first kappa shape index (κ1) is 20.5. The zero-order chi connectivity index (χ0) is 19.6. The number of Topliss-reactive ketones (excluding diaryl/α,β-unsaturated/α-hetero) is 1. The van der Waals surface area contributed by atoms with Gasteiger partial charge in [-0.25, -0.2) is 0 Å². The summed E-state index contributed by atoms with van der Waals surface area (Å²) in [6, 6.07) is 6.47. The second kappa shape index (κ2) is 7.80. The van der Waals surface area contributed by atoms with Crippen LogP contribution in [0.25, 0.3) is 0 Å². The van der Waals surface area contributed by atoms with Gasteiger partial charge in [-0.1, -0.05) is 44.5 Å². The number of carbonyl (C=O) groups excluding carboxylic acids is 2.